The molecular weight excluding hydrogens is 250 g/mol. The van der Waals surface area contributed by atoms with Gasteiger partial charge in [-0.05, 0) is 30.2 Å². The molecule has 0 atom stereocenters. The molecule has 0 heterocycles. The van der Waals surface area contributed by atoms with Gasteiger partial charge in [0.15, 0.2) is 0 Å². The predicted molar refractivity (Wildman–Crippen MR) is 80.4 cm³/mol. The Kier molecular flexibility index (Phi) is 4.45. The van der Waals surface area contributed by atoms with Crippen molar-refractivity contribution < 1.29 is 9.63 Å². The first-order valence-corrected chi connectivity index (χ1v) is 6.24. The van der Waals surface area contributed by atoms with Gasteiger partial charge in [-0.3, -0.25) is 0 Å². The van der Waals surface area contributed by atoms with E-state index in [-0.39, 0.29) is 0 Å². The highest BCUT2D eigenvalue weighted by Gasteiger charge is 2.07. The molecule has 0 bridgehead atoms. The molecule has 0 amide bonds. The van der Waals surface area contributed by atoms with E-state index in [1.165, 1.54) is 0 Å². The smallest absolute Gasteiger partial charge is 0.313 e. The van der Waals surface area contributed by atoms with Crippen molar-refractivity contribution in [3.05, 3.63) is 78.4 Å². The number of hydrogen-bond donors (Lipinski definition) is 0. The zero-order valence-corrected chi connectivity index (χ0v) is 11.2. The van der Waals surface area contributed by atoms with Crippen LogP contribution in [-0.4, -0.2) is 11.7 Å². The molecule has 2 aromatic rings. The number of allylic oxidation sites excluding steroid dienone is 1. The van der Waals surface area contributed by atoms with Crippen molar-refractivity contribution in [3.8, 4) is 0 Å². The molecule has 3 nitrogen and oxygen atoms in total. The monoisotopic (exact) mass is 265 g/mol. The molecular formula is C17H15NO2. The van der Waals surface area contributed by atoms with Crippen LogP contribution >= 0.6 is 0 Å². The van der Waals surface area contributed by atoms with Crippen LogP contribution in [0.15, 0.2) is 72.4 Å². The first-order valence-electron chi connectivity index (χ1n) is 6.24. The molecule has 20 heavy (non-hydrogen) atoms. The van der Waals surface area contributed by atoms with Crippen molar-refractivity contribution in [2.45, 2.75) is 6.92 Å². The Labute approximate surface area is 118 Å². The number of nitrogens with zero attached hydrogens (tertiary/aromatic N) is 1. The number of hydrogen-bond acceptors (Lipinski definition) is 3. The molecule has 0 N–H and O–H groups in total. The van der Waals surface area contributed by atoms with Gasteiger partial charge in [-0.1, -0.05) is 60.3 Å². The fourth-order valence-corrected chi connectivity index (χ4v) is 1.64. The SMILES string of the molecule is C=C(/C(C)=N/OC(=O)c1ccccc1)c1ccccc1. The van der Waals surface area contributed by atoms with Crippen LogP contribution in [-0.2, 0) is 4.84 Å². The molecule has 0 fully saturated rings. The Morgan fingerprint density at radius 3 is 2.00 bits per heavy atom. The zero-order chi connectivity index (χ0) is 14.4. The van der Waals surface area contributed by atoms with E-state index in [2.05, 4.69) is 11.7 Å². The van der Waals surface area contributed by atoms with Gasteiger partial charge in [-0.2, -0.15) is 0 Å². The van der Waals surface area contributed by atoms with Gasteiger partial charge < -0.3 is 4.84 Å². The van der Waals surface area contributed by atoms with Crippen LogP contribution in [0.3, 0.4) is 0 Å². The average molecular weight is 265 g/mol. The summed E-state index contributed by atoms with van der Waals surface area (Å²) in [6.07, 6.45) is 0. The summed E-state index contributed by atoms with van der Waals surface area (Å²) in [5.41, 5.74) is 2.71. The maximum atomic E-state index is 11.7. The normalized spacial score (nSPS) is 10.9. The topological polar surface area (TPSA) is 38.7 Å². The van der Waals surface area contributed by atoms with E-state index in [9.17, 15) is 4.79 Å². The lowest BCUT2D eigenvalue weighted by molar-refractivity contribution is 0.0517. The van der Waals surface area contributed by atoms with Gasteiger partial charge in [0.2, 0.25) is 0 Å². The van der Waals surface area contributed by atoms with E-state index >= 15 is 0 Å². The standard InChI is InChI=1S/C17H15NO2/c1-13(15-9-5-3-6-10-15)14(2)18-20-17(19)16-11-7-4-8-12-16/h3-12H,1H2,2H3/b18-14+. The van der Waals surface area contributed by atoms with E-state index in [1.807, 2.05) is 36.4 Å². The van der Waals surface area contributed by atoms with Crippen molar-refractivity contribution in [2.24, 2.45) is 5.16 Å². The summed E-state index contributed by atoms with van der Waals surface area (Å²) < 4.78 is 0. The molecule has 0 spiro atoms. The molecule has 0 saturated heterocycles. The second-order valence-corrected chi connectivity index (χ2v) is 4.27. The van der Waals surface area contributed by atoms with Crippen molar-refractivity contribution in [1.29, 1.82) is 0 Å². The third kappa shape index (κ3) is 3.42. The minimum absolute atomic E-state index is 0.467. The summed E-state index contributed by atoms with van der Waals surface area (Å²) in [7, 11) is 0. The number of carbonyl (C=O) groups excluding carboxylic acids is 1. The molecule has 0 aliphatic rings. The molecule has 0 radical (unpaired) electrons. The molecule has 0 unspecified atom stereocenters. The number of benzene rings is 2. The van der Waals surface area contributed by atoms with Gasteiger partial charge in [-0.15, -0.1) is 0 Å². The Balaban J connectivity index is 2.05. The molecule has 0 aliphatic carbocycles. The molecule has 100 valence electrons. The molecule has 0 saturated carbocycles. The third-order valence-electron chi connectivity index (χ3n) is 2.83. The lowest BCUT2D eigenvalue weighted by Gasteiger charge is -2.05. The summed E-state index contributed by atoms with van der Waals surface area (Å²) in [5.74, 6) is -0.481. The van der Waals surface area contributed by atoms with Crippen LogP contribution in [0.2, 0.25) is 0 Å². The number of rotatable bonds is 4. The maximum absolute atomic E-state index is 11.7. The van der Waals surface area contributed by atoms with Crippen LogP contribution < -0.4 is 0 Å². The lowest BCUT2D eigenvalue weighted by Crippen LogP contribution is -2.03. The maximum Gasteiger partial charge on any atom is 0.365 e. The second-order valence-electron chi connectivity index (χ2n) is 4.27. The first-order chi connectivity index (χ1) is 9.68. The third-order valence-corrected chi connectivity index (χ3v) is 2.83. The Morgan fingerprint density at radius 2 is 1.45 bits per heavy atom. The van der Waals surface area contributed by atoms with E-state index < -0.39 is 5.97 Å². The summed E-state index contributed by atoms with van der Waals surface area (Å²) in [6.45, 7) is 5.71. The molecule has 0 aliphatic heterocycles. The minimum atomic E-state index is -0.481. The summed E-state index contributed by atoms with van der Waals surface area (Å²) in [5, 5.41) is 3.84. The minimum Gasteiger partial charge on any atom is -0.313 e. The van der Waals surface area contributed by atoms with Gasteiger partial charge in [0.25, 0.3) is 0 Å². The predicted octanol–water partition coefficient (Wildman–Crippen LogP) is 3.93. The Bertz CT molecular complexity index is 631. The molecule has 2 aromatic carbocycles. The largest absolute Gasteiger partial charge is 0.365 e. The highest BCUT2D eigenvalue weighted by Crippen LogP contribution is 2.14. The summed E-state index contributed by atoms with van der Waals surface area (Å²) in [6, 6.07) is 18.4. The van der Waals surface area contributed by atoms with Crippen molar-refractivity contribution in [1.82, 2.24) is 0 Å². The summed E-state index contributed by atoms with van der Waals surface area (Å²) >= 11 is 0. The van der Waals surface area contributed by atoms with Crippen molar-refractivity contribution in [3.63, 3.8) is 0 Å². The fourth-order valence-electron chi connectivity index (χ4n) is 1.64. The lowest BCUT2D eigenvalue weighted by atomic mass is 10.0. The highest BCUT2D eigenvalue weighted by molar-refractivity contribution is 6.21. The Hall–Kier alpha value is -2.68. The quantitative estimate of drug-likeness (QED) is 0.477. The van der Waals surface area contributed by atoms with Gasteiger partial charge in [-0.25, -0.2) is 4.79 Å². The van der Waals surface area contributed by atoms with E-state index in [0.717, 1.165) is 11.1 Å². The Morgan fingerprint density at radius 1 is 0.950 bits per heavy atom. The van der Waals surface area contributed by atoms with Crippen molar-refractivity contribution in [2.75, 3.05) is 0 Å². The van der Waals surface area contributed by atoms with Gasteiger partial charge in [0.1, 0.15) is 0 Å². The van der Waals surface area contributed by atoms with Crippen LogP contribution in [0.4, 0.5) is 0 Å². The fraction of sp³-hybridized carbons (Fsp3) is 0.0588. The van der Waals surface area contributed by atoms with Gasteiger partial charge in [0.05, 0.1) is 11.3 Å². The van der Waals surface area contributed by atoms with Crippen molar-refractivity contribution >= 4 is 17.3 Å². The van der Waals surface area contributed by atoms with Crippen LogP contribution in [0.25, 0.3) is 5.57 Å². The van der Waals surface area contributed by atoms with E-state index in [1.54, 1.807) is 31.2 Å². The number of oxime groups is 1. The number of carbonyl (C=O) groups is 1. The average Bonchev–Trinajstić information content (AvgIpc) is 2.53. The highest BCUT2D eigenvalue weighted by atomic mass is 16.7. The molecule has 0 aromatic heterocycles. The van der Waals surface area contributed by atoms with Crippen LogP contribution in [0, 0.1) is 0 Å². The van der Waals surface area contributed by atoms with E-state index in [4.69, 9.17) is 4.84 Å². The zero-order valence-electron chi connectivity index (χ0n) is 11.2. The first kappa shape index (κ1) is 13.7. The van der Waals surface area contributed by atoms with Gasteiger partial charge in [0, 0.05) is 0 Å². The van der Waals surface area contributed by atoms with Crippen LogP contribution in [0.5, 0.6) is 0 Å². The summed E-state index contributed by atoms with van der Waals surface area (Å²) in [4.78, 5) is 16.7. The second kappa shape index (κ2) is 6.48. The molecule has 3 heteroatoms. The van der Waals surface area contributed by atoms with Crippen LogP contribution in [0.1, 0.15) is 22.8 Å². The van der Waals surface area contributed by atoms with E-state index in [0.29, 0.717) is 11.3 Å². The molecule has 2 rings (SSSR count). The van der Waals surface area contributed by atoms with Gasteiger partial charge >= 0.3 is 5.97 Å².